The standard InChI is InChI=1S/C47H77N3O4/c1-4-7-10-13-16-19-22-25-28-35-51-43-38-41(47-50-49-46(54-47)40-31-33-42(48)34-32-40)39-44(52-36-29-26-23-20-17-14-11-8-5-2)45(43)53-37-30-27-24-21-18-15-12-9-6-3/h31-34,38-39H,4-30,35-37,48H2,1-3H3. The zero-order valence-electron chi connectivity index (χ0n) is 34.8. The number of ether oxygens (including phenoxy) is 3. The van der Waals surface area contributed by atoms with Crippen LogP contribution in [0.3, 0.4) is 0 Å². The Morgan fingerprint density at radius 3 is 1.15 bits per heavy atom. The summed E-state index contributed by atoms with van der Waals surface area (Å²) in [4.78, 5) is 0. The Morgan fingerprint density at radius 1 is 0.426 bits per heavy atom. The van der Waals surface area contributed by atoms with Gasteiger partial charge in [-0.2, -0.15) is 0 Å². The SMILES string of the molecule is CCCCCCCCCCCOc1cc(-c2nnc(-c3ccc(N)cc3)o2)cc(OCCCCCCCCCCC)c1OCCCCCCCCCCC. The van der Waals surface area contributed by atoms with E-state index in [1.165, 1.54) is 154 Å². The summed E-state index contributed by atoms with van der Waals surface area (Å²) < 4.78 is 25.8. The van der Waals surface area contributed by atoms with E-state index >= 15 is 0 Å². The average Bonchev–Trinajstić information content (AvgIpc) is 3.68. The quantitative estimate of drug-likeness (QED) is 0.0473. The van der Waals surface area contributed by atoms with E-state index < -0.39 is 0 Å². The summed E-state index contributed by atoms with van der Waals surface area (Å²) in [6.45, 7) is 8.73. The molecule has 0 unspecified atom stereocenters. The van der Waals surface area contributed by atoms with Gasteiger partial charge in [0.25, 0.3) is 0 Å². The molecular weight excluding hydrogens is 671 g/mol. The van der Waals surface area contributed by atoms with Crippen molar-refractivity contribution in [3.63, 3.8) is 0 Å². The summed E-state index contributed by atoms with van der Waals surface area (Å²) in [7, 11) is 0. The maximum Gasteiger partial charge on any atom is 0.248 e. The van der Waals surface area contributed by atoms with E-state index in [4.69, 9.17) is 24.4 Å². The first kappa shape index (κ1) is 45.2. The Morgan fingerprint density at radius 2 is 0.759 bits per heavy atom. The second-order valence-electron chi connectivity index (χ2n) is 15.4. The summed E-state index contributed by atoms with van der Waals surface area (Å²) in [6, 6.07) is 11.5. The van der Waals surface area contributed by atoms with Gasteiger partial charge in [-0.1, -0.05) is 175 Å². The number of nitrogens with zero attached hydrogens (tertiary/aromatic N) is 2. The normalized spacial score (nSPS) is 11.3. The number of hydrogen-bond acceptors (Lipinski definition) is 7. The van der Waals surface area contributed by atoms with E-state index in [1.54, 1.807) is 0 Å². The van der Waals surface area contributed by atoms with Gasteiger partial charge in [0.15, 0.2) is 11.5 Å². The Bertz CT molecular complexity index is 1280. The van der Waals surface area contributed by atoms with Crippen LogP contribution < -0.4 is 19.9 Å². The van der Waals surface area contributed by atoms with Crippen molar-refractivity contribution >= 4 is 5.69 Å². The maximum absolute atomic E-state index is 6.56. The van der Waals surface area contributed by atoms with Crippen LogP contribution in [0.15, 0.2) is 40.8 Å². The molecule has 0 saturated carbocycles. The monoisotopic (exact) mass is 748 g/mol. The highest BCUT2D eigenvalue weighted by Gasteiger charge is 2.20. The highest BCUT2D eigenvalue weighted by molar-refractivity contribution is 5.67. The predicted octanol–water partition coefficient (Wildman–Crippen LogP) is 14.7. The summed E-state index contributed by atoms with van der Waals surface area (Å²) in [5.74, 6) is 2.95. The average molecular weight is 748 g/mol. The van der Waals surface area contributed by atoms with Crippen LogP contribution in [-0.4, -0.2) is 30.0 Å². The van der Waals surface area contributed by atoms with Crippen molar-refractivity contribution in [1.29, 1.82) is 0 Å². The minimum absolute atomic E-state index is 0.424. The van der Waals surface area contributed by atoms with E-state index in [-0.39, 0.29) is 0 Å². The molecule has 7 nitrogen and oxygen atoms in total. The molecule has 1 aromatic heterocycles. The lowest BCUT2D eigenvalue weighted by molar-refractivity contribution is 0.234. The van der Waals surface area contributed by atoms with Gasteiger partial charge in [-0.25, -0.2) is 0 Å². The molecule has 0 atom stereocenters. The summed E-state index contributed by atoms with van der Waals surface area (Å²) in [5, 5.41) is 8.80. The summed E-state index contributed by atoms with van der Waals surface area (Å²) >= 11 is 0. The van der Waals surface area contributed by atoms with E-state index in [2.05, 4.69) is 31.0 Å². The first-order valence-corrected chi connectivity index (χ1v) is 22.4. The van der Waals surface area contributed by atoms with Crippen molar-refractivity contribution in [3.8, 4) is 40.2 Å². The van der Waals surface area contributed by atoms with Gasteiger partial charge in [0.2, 0.25) is 17.5 Å². The van der Waals surface area contributed by atoms with Crippen molar-refractivity contribution in [3.05, 3.63) is 36.4 Å². The van der Waals surface area contributed by atoms with Crippen LogP contribution in [0.1, 0.15) is 194 Å². The topological polar surface area (TPSA) is 92.6 Å². The number of rotatable bonds is 35. The number of hydrogen-bond donors (Lipinski definition) is 1. The lowest BCUT2D eigenvalue weighted by Crippen LogP contribution is -2.07. The number of aromatic nitrogens is 2. The number of unbranched alkanes of at least 4 members (excludes halogenated alkanes) is 24. The molecule has 0 aliphatic rings. The van der Waals surface area contributed by atoms with Crippen LogP contribution in [-0.2, 0) is 0 Å². The lowest BCUT2D eigenvalue weighted by Gasteiger charge is -2.18. The third kappa shape index (κ3) is 19.4. The van der Waals surface area contributed by atoms with Crippen molar-refractivity contribution in [1.82, 2.24) is 10.2 Å². The first-order chi connectivity index (χ1) is 26.7. The molecular formula is C47H77N3O4. The zero-order chi connectivity index (χ0) is 38.3. The molecule has 0 saturated heterocycles. The molecule has 54 heavy (non-hydrogen) atoms. The number of nitrogens with two attached hydrogens (primary N) is 1. The Labute approximate surface area is 329 Å². The molecule has 2 aromatic carbocycles. The Kier molecular flexibility index (Phi) is 25.1. The van der Waals surface area contributed by atoms with E-state index in [0.717, 1.165) is 30.4 Å². The fourth-order valence-electron chi connectivity index (χ4n) is 6.92. The molecule has 0 fully saturated rings. The molecule has 7 heteroatoms. The molecule has 0 bridgehead atoms. The first-order valence-electron chi connectivity index (χ1n) is 22.4. The summed E-state index contributed by atoms with van der Waals surface area (Å²) in [5.41, 5.74) is 8.21. The smallest absolute Gasteiger partial charge is 0.248 e. The fourth-order valence-corrected chi connectivity index (χ4v) is 6.92. The second-order valence-corrected chi connectivity index (χ2v) is 15.4. The number of nitrogen functional groups attached to an aromatic ring is 1. The molecule has 1 heterocycles. The Hall–Kier alpha value is -3.22. The van der Waals surface area contributed by atoms with Crippen molar-refractivity contribution < 1.29 is 18.6 Å². The van der Waals surface area contributed by atoms with Gasteiger partial charge in [0.05, 0.1) is 19.8 Å². The second kappa shape index (κ2) is 30.1. The van der Waals surface area contributed by atoms with Crippen LogP contribution in [0, 0.1) is 0 Å². The van der Waals surface area contributed by atoms with Gasteiger partial charge in [0, 0.05) is 16.8 Å². The van der Waals surface area contributed by atoms with Gasteiger partial charge in [-0.15, -0.1) is 10.2 Å². The van der Waals surface area contributed by atoms with E-state index in [0.29, 0.717) is 54.5 Å². The number of benzene rings is 2. The number of anilines is 1. The van der Waals surface area contributed by atoms with Crippen molar-refractivity contribution in [2.45, 2.75) is 194 Å². The van der Waals surface area contributed by atoms with Crippen LogP contribution in [0.25, 0.3) is 22.9 Å². The molecule has 2 N–H and O–H groups in total. The molecule has 0 spiro atoms. The van der Waals surface area contributed by atoms with Gasteiger partial charge in [-0.05, 0) is 55.7 Å². The van der Waals surface area contributed by atoms with Crippen molar-refractivity contribution in [2.75, 3.05) is 25.6 Å². The lowest BCUT2D eigenvalue weighted by atomic mass is 10.1. The molecule has 3 rings (SSSR count). The van der Waals surface area contributed by atoms with E-state index in [9.17, 15) is 0 Å². The fraction of sp³-hybridized carbons (Fsp3) is 0.702. The molecule has 0 aliphatic heterocycles. The summed E-state index contributed by atoms with van der Waals surface area (Å²) in [6.07, 6.45) is 34.3. The van der Waals surface area contributed by atoms with Gasteiger partial charge in [0.1, 0.15) is 0 Å². The predicted molar refractivity (Wildman–Crippen MR) is 228 cm³/mol. The minimum atomic E-state index is 0.424. The molecule has 0 radical (unpaired) electrons. The van der Waals surface area contributed by atoms with Crippen LogP contribution >= 0.6 is 0 Å². The molecule has 0 aliphatic carbocycles. The van der Waals surface area contributed by atoms with Crippen LogP contribution in [0.2, 0.25) is 0 Å². The van der Waals surface area contributed by atoms with Gasteiger partial charge in [-0.3, -0.25) is 0 Å². The maximum atomic E-state index is 6.56. The Balaban J connectivity index is 1.69. The van der Waals surface area contributed by atoms with Crippen molar-refractivity contribution in [2.24, 2.45) is 0 Å². The third-order valence-corrected chi connectivity index (χ3v) is 10.4. The molecule has 3 aromatic rings. The van der Waals surface area contributed by atoms with Crippen LogP contribution in [0.5, 0.6) is 17.2 Å². The van der Waals surface area contributed by atoms with E-state index in [1.807, 2.05) is 36.4 Å². The van der Waals surface area contributed by atoms with Crippen LogP contribution in [0.4, 0.5) is 5.69 Å². The highest BCUT2D eigenvalue weighted by Crippen LogP contribution is 2.42. The third-order valence-electron chi connectivity index (χ3n) is 10.4. The highest BCUT2D eigenvalue weighted by atomic mass is 16.5. The zero-order valence-corrected chi connectivity index (χ0v) is 34.8. The minimum Gasteiger partial charge on any atom is -0.490 e. The molecule has 0 amide bonds. The largest absolute Gasteiger partial charge is 0.490 e. The van der Waals surface area contributed by atoms with Gasteiger partial charge >= 0.3 is 0 Å². The molecule has 304 valence electrons. The van der Waals surface area contributed by atoms with Gasteiger partial charge < -0.3 is 24.4 Å².